The Balaban J connectivity index is 1.78. The highest BCUT2D eigenvalue weighted by Gasteiger charge is 2.31. The van der Waals surface area contributed by atoms with Crippen LogP contribution in [-0.4, -0.2) is 26.9 Å². The van der Waals surface area contributed by atoms with Crippen molar-refractivity contribution in [1.29, 1.82) is 0 Å². The Labute approximate surface area is 155 Å². The molecule has 1 aliphatic heterocycles. The minimum Gasteiger partial charge on any atom is -0.467 e. The fourth-order valence-electron chi connectivity index (χ4n) is 3.67. The molecule has 1 fully saturated rings. The number of hydrogen-bond acceptors (Lipinski definition) is 5. The molecule has 26 heavy (non-hydrogen) atoms. The number of thiophene rings is 1. The van der Waals surface area contributed by atoms with E-state index >= 15 is 0 Å². The van der Waals surface area contributed by atoms with Gasteiger partial charge in [-0.15, -0.1) is 11.3 Å². The molecular weight excluding hydrogens is 350 g/mol. The molecule has 0 aliphatic carbocycles. The predicted molar refractivity (Wildman–Crippen MR) is 101 cm³/mol. The molecule has 0 N–H and O–H groups in total. The molecule has 0 spiro atoms. The summed E-state index contributed by atoms with van der Waals surface area (Å²) in [4.78, 5) is 33.3. The van der Waals surface area contributed by atoms with Crippen molar-refractivity contribution in [2.45, 2.75) is 38.6 Å². The van der Waals surface area contributed by atoms with E-state index in [1.165, 1.54) is 22.2 Å². The Kier molecular flexibility index (Phi) is 4.40. The Hall–Kier alpha value is -2.41. The van der Waals surface area contributed by atoms with Gasteiger partial charge >= 0.3 is 0 Å². The van der Waals surface area contributed by atoms with E-state index < -0.39 is 0 Å². The summed E-state index contributed by atoms with van der Waals surface area (Å²) in [6.45, 7) is 2.54. The summed E-state index contributed by atoms with van der Waals surface area (Å²) in [6, 6.07) is 3.74. The second-order valence-corrected chi connectivity index (χ2v) is 7.78. The normalized spacial score (nSPS) is 18.2. The van der Waals surface area contributed by atoms with Gasteiger partial charge in [0.05, 0.1) is 28.9 Å². The van der Waals surface area contributed by atoms with Gasteiger partial charge in [-0.3, -0.25) is 9.59 Å². The lowest BCUT2D eigenvalue weighted by atomic mass is 10.1. The van der Waals surface area contributed by atoms with Crippen LogP contribution in [0.1, 0.15) is 52.7 Å². The predicted octanol–water partition coefficient (Wildman–Crippen LogP) is 3.65. The number of aromatic nitrogens is 2. The minimum atomic E-state index is -0.110. The highest BCUT2D eigenvalue weighted by atomic mass is 32.1. The van der Waals surface area contributed by atoms with Crippen LogP contribution >= 0.6 is 11.3 Å². The lowest BCUT2D eigenvalue weighted by molar-refractivity contribution is 0.0663. The Morgan fingerprint density at radius 3 is 2.96 bits per heavy atom. The fraction of sp³-hybridized carbons (Fsp3) is 0.421. The molecule has 3 aromatic heterocycles. The van der Waals surface area contributed by atoms with Crippen LogP contribution in [0.2, 0.25) is 0 Å². The van der Waals surface area contributed by atoms with Crippen molar-refractivity contribution in [3.8, 4) is 0 Å². The van der Waals surface area contributed by atoms with E-state index in [0.717, 1.165) is 37.0 Å². The quantitative estimate of drug-likeness (QED) is 0.689. The van der Waals surface area contributed by atoms with E-state index in [2.05, 4.69) is 4.98 Å². The number of nitrogens with zero attached hydrogens (tertiary/aromatic N) is 3. The molecule has 7 heteroatoms. The van der Waals surface area contributed by atoms with Gasteiger partial charge in [0, 0.05) is 13.6 Å². The zero-order valence-corrected chi connectivity index (χ0v) is 15.7. The Morgan fingerprint density at radius 2 is 2.19 bits per heavy atom. The molecule has 0 radical (unpaired) electrons. The van der Waals surface area contributed by atoms with Gasteiger partial charge in [-0.25, -0.2) is 4.98 Å². The molecule has 1 amide bonds. The van der Waals surface area contributed by atoms with Crippen LogP contribution in [-0.2, 0) is 7.05 Å². The number of likely N-dealkylation sites (tertiary alicyclic amines) is 1. The van der Waals surface area contributed by atoms with Gasteiger partial charge in [0.25, 0.3) is 11.5 Å². The lowest BCUT2D eigenvalue weighted by Crippen LogP contribution is -2.34. The summed E-state index contributed by atoms with van der Waals surface area (Å²) >= 11 is 1.31. The van der Waals surface area contributed by atoms with Crippen molar-refractivity contribution in [1.82, 2.24) is 14.5 Å². The second kappa shape index (κ2) is 6.72. The molecule has 136 valence electrons. The summed E-state index contributed by atoms with van der Waals surface area (Å²) in [6.07, 6.45) is 7.21. The van der Waals surface area contributed by atoms with Gasteiger partial charge in [0.1, 0.15) is 10.6 Å². The van der Waals surface area contributed by atoms with Gasteiger partial charge in [-0.2, -0.15) is 0 Å². The molecule has 4 heterocycles. The topological polar surface area (TPSA) is 68.3 Å². The minimum absolute atomic E-state index is 0.0316. The molecule has 6 nitrogen and oxygen atoms in total. The summed E-state index contributed by atoms with van der Waals surface area (Å²) in [5, 5.41) is 0.549. The van der Waals surface area contributed by atoms with Gasteiger partial charge in [0.2, 0.25) is 0 Å². The molecule has 4 rings (SSSR count). The SMILES string of the molecule is Cc1c(C(=O)N2CCCCCC2c2ccco2)sc2ncn(C)c(=O)c12. The maximum atomic E-state index is 13.4. The number of carbonyl (C=O) groups is 1. The number of carbonyl (C=O) groups excluding carboxylic acids is 1. The van der Waals surface area contributed by atoms with Gasteiger partial charge in [0.15, 0.2) is 0 Å². The first kappa shape index (κ1) is 17.0. The van der Waals surface area contributed by atoms with Crippen molar-refractivity contribution in [2.75, 3.05) is 6.54 Å². The van der Waals surface area contributed by atoms with E-state index in [4.69, 9.17) is 4.42 Å². The number of furan rings is 1. The van der Waals surface area contributed by atoms with Crippen molar-refractivity contribution in [3.05, 3.63) is 51.3 Å². The number of aryl methyl sites for hydroxylation is 2. The summed E-state index contributed by atoms with van der Waals surface area (Å²) in [5.74, 6) is 0.795. The third kappa shape index (κ3) is 2.76. The number of hydrogen-bond donors (Lipinski definition) is 0. The van der Waals surface area contributed by atoms with E-state index in [1.807, 2.05) is 24.0 Å². The maximum absolute atomic E-state index is 13.4. The molecule has 0 saturated carbocycles. The lowest BCUT2D eigenvalue weighted by Gasteiger charge is -2.28. The van der Waals surface area contributed by atoms with E-state index in [0.29, 0.717) is 21.6 Å². The zero-order chi connectivity index (χ0) is 18.3. The summed E-state index contributed by atoms with van der Waals surface area (Å²) in [5.41, 5.74) is 0.618. The smallest absolute Gasteiger partial charge is 0.264 e. The fourth-order valence-corrected chi connectivity index (χ4v) is 4.77. The largest absolute Gasteiger partial charge is 0.467 e. The summed E-state index contributed by atoms with van der Waals surface area (Å²) in [7, 11) is 1.68. The van der Waals surface area contributed by atoms with E-state index in [1.54, 1.807) is 13.3 Å². The van der Waals surface area contributed by atoms with Crippen LogP contribution in [0, 0.1) is 6.92 Å². The van der Waals surface area contributed by atoms with Crippen molar-refractivity contribution >= 4 is 27.5 Å². The average Bonchev–Trinajstić information content (AvgIpc) is 3.20. The van der Waals surface area contributed by atoms with E-state index in [9.17, 15) is 9.59 Å². The zero-order valence-electron chi connectivity index (χ0n) is 14.9. The molecule has 1 saturated heterocycles. The standard InChI is InChI=1S/C19H21N3O3S/c1-12-15-17(20-11-21(2)18(15)23)26-16(12)19(24)22-9-5-3-4-7-13(22)14-8-6-10-25-14/h6,8,10-11,13H,3-5,7,9H2,1-2H3. The Bertz CT molecular complexity index is 1000. The Morgan fingerprint density at radius 1 is 1.35 bits per heavy atom. The van der Waals surface area contributed by atoms with Crippen LogP contribution in [0.15, 0.2) is 33.9 Å². The summed E-state index contributed by atoms with van der Waals surface area (Å²) < 4.78 is 7.06. The highest BCUT2D eigenvalue weighted by molar-refractivity contribution is 7.20. The first-order valence-corrected chi connectivity index (χ1v) is 9.68. The third-order valence-electron chi connectivity index (χ3n) is 5.09. The molecule has 0 aromatic carbocycles. The van der Waals surface area contributed by atoms with Crippen molar-refractivity contribution < 1.29 is 9.21 Å². The average molecular weight is 371 g/mol. The first-order valence-electron chi connectivity index (χ1n) is 8.87. The van der Waals surface area contributed by atoms with Crippen LogP contribution in [0.5, 0.6) is 0 Å². The molecule has 1 unspecified atom stereocenters. The monoisotopic (exact) mass is 371 g/mol. The van der Waals surface area contributed by atoms with Gasteiger partial charge in [-0.05, 0) is 37.5 Å². The van der Waals surface area contributed by atoms with Crippen molar-refractivity contribution in [3.63, 3.8) is 0 Å². The van der Waals surface area contributed by atoms with Crippen molar-refractivity contribution in [2.24, 2.45) is 7.05 Å². The van der Waals surface area contributed by atoms with E-state index in [-0.39, 0.29) is 17.5 Å². The first-order chi connectivity index (χ1) is 12.6. The highest BCUT2D eigenvalue weighted by Crippen LogP contribution is 2.35. The van der Waals surface area contributed by atoms with Gasteiger partial charge < -0.3 is 13.9 Å². The van der Waals surface area contributed by atoms with Crippen LogP contribution in [0.3, 0.4) is 0 Å². The molecule has 0 bridgehead atoms. The molecule has 1 atom stereocenters. The molecule has 1 aliphatic rings. The third-order valence-corrected chi connectivity index (χ3v) is 6.28. The van der Waals surface area contributed by atoms with Crippen LogP contribution in [0.4, 0.5) is 0 Å². The van der Waals surface area contributed by atoms with Crippen LogP contribution in [0.25, 0.3) is 10.2 Å². The number of amides is 1. The number of fused-ring (bicyclic) bond motifs is 1. The number of rotatable bonds is 2. The maximum Gasteiger partial charge on any atom is 0.264 e. The molecular formula is C19H21N3O3S. The molecule has 3 aromatic rings. The van der Waals surface area contributed by atoms with Gasteiger partial charge in [-0.1, -0.05) is 12.8 Å². The second-order valence-electron chi connectivity index (χ2n) is 6.78. The van der Waals surface area contributed by atoms with Crippen LogP contribution < -0.4 is 5.56 Å².